The van der Waals surface area contributed by atoms with Gasteiger partial charge in [-0.3, -0.25) is 4.79 Å². The standard InChI is InChI=1S/C16H18N4.C15H14N4O2.CO2.Li.H2O/c1-4-14-10-17-16-6-5-15(19-20(14)16)18-13-8-11(2)7-12(3)9-13;1-10-5-11(2)7-12(6-10)17-13-3-4-14-16-8-15(21-9-20)19(14)18-13;2-1-3;;/h5-10H,4H2,1-3H3,(H,18,19);3-9H,1-2H3,(H,17,18);;;1H2/q;;;+1;/p-1. The molecule has 0 aliphatic heterocycles. The van der Waals surface area contributed by atoms with Crippen LogP contribution in [0.25, 0.3) is 11.3 Å². The molecule has 3 N–H and O–H groups in total. The molecule has 0 fully saturated rings. The normalized spacial score (nSPS) is 9.76. The molecular weight excluding hydrogens is 583 g/mol. The summed E-state index contributed by atoms with van der Waals surface area (Å²) in [5, 5.41) is 15.6. The Morgan fingerprint density at radius 3 is 1.63 bits per heavy atom. The molecule has 4 aromatic heterocycles. The Morgan fingerprint density at radius 2 is 1.17 bits per heavy atom. The molecule has 0 amide bonds. The quantitative estimate of drug-likeness (QED) is 0.199. The summed E-state index contributed by atoms with van der Waals surface area (Å²) in [6, 6.07) is 20.1. The first-order valence-corrected chi connectivity index (χ1v) is 13.7. The molecule has 232 valence electrons. The molecule has 0 spiro atoms. The largest absolute Gasteiger partial charge is 1.00 e. The van der Waals surface area contributed by atoms with E-state index in [9.17, 15) is 4.79 Å². The number of carbonyl (C=O) groups is 1. The number of rotatable bonds is 7. The Hall–Kier alpha value is -5.31. The van der Waals surface area contributed by atoms with Crippen LogP contribution in [0.2, 0.25) is 0 Å². The van der Waals surface area contributed by atoms with Crippen LogP contribution in [0.3, 0.4) is 0 Å². The van der Waals surface area contributed by atoms with Gasteiger partial charge >= 0.3 is 25.0 Å². The van der Waals surface area contributed by atoms with Gasteiger partial charge in [-0.05, 0) is 105 Å². The molecule has 6 rings (SSSR count). The number of imidazole rings is 2. The topological polar surface area (TPSA) is 175 Å². The van der Waals surface area contributed by atoms with Crippen molar-refractivity contribution < 1.29 is 43.5 Å². The van der Waals surface area contributed by atoms with Crippen LogP contribution in [0, 0.1) is 27.7 Å². The maximum atomic E-state index is 10.5. The zero-order valence-corrected chi connectivity index (χ0v) is 26.5. The zero-order chi connectivity index (χ0) is 31.6. The second-order valence-electron chi connectivity index (χ2n) is 9.98. The Morgan fingerprint density at radius 1 is 0.739 bits per heavy atom. The SMILES string of the molecule is CCc1cnc2ccc(Nc3cc(C)cc(C)c3)nn12.Cc1cc(C)cc(Nc2ccc3ncc(OC=O)n3n2)c1.O=C=O.[Li+].[OH-]. The first-order valence-electron chi connectivity index (χ1n) is 13.7. The van der Waals surface area contributed by atoms with Crippen LogP contribution in [0.15, 0.2) is 73.1 Å². The first-order chi connectivity index (χ1) is 21.2. The van der Waals surface area contributed by atoms with Crippen molar-refractivity contribution >= 4 is 46.9 Å². The van der Waals surface area contributed by atoms with E-state index in [0.717, 1.165) is 35.0 Å². The van der Waals surface area contributed by atoms with E-state index in [1.807, 2.05) is 54.9 Å². The Bertz CT molecular complexity index is 1910. The van der Waals surface area contributed by atoms with Gasteiger partial charge in [-0.2, -0.15) is 14.1 Å². The van der Waals surface area contributed by atoms with Crippen molar-refractivity contribution in [3.8, 4) is 5.88 Å². The predicted octanol–water partition coefficient (Wildman–Crippen LogP) is 2.52. The van der Waals surface area contributed by atoms with Crippen LogP contribution in [0.1, 0.15) is 34.9 Å². The van der Waals surface area contributed by atoms with E-state index in [4.69, 9.17) is 14.3 Å². The third kappa shape index (κ3) is 9.59. The van der Waals surface area contributed by atoms with E-state index in [0.29, 0.717) is 17.9 Å². The minimum absolute atomic E-state index is 0. The Balaban J connectivity index is 0.000000284. The van der Waals surface area contributed by atoms with Gasteiger partial charge in [-0.15, -0.1) is 10.2 Å². The van der Waals surface area contributed by atoms with Gasteiger partial charge in [0.25, 0.3) is 6.47 Å². The predicted molar refractivity (Wildman–Crippen MR) is 167 cm³/mol. The van der Waals surface area contributed by atoms with E-state index in [-0.39, 0.29) is 36.4 Å². The van der Waals surface area contributed by atoms with Gasteiger partial charge in [0, 0.05) is 11.4 Å². The van der Waals surface area contributed by atoms with Crippen molar-refractivity contribution in [2.24, 2.45) is 0 Å². The number of nitrogens with one attached hydrogen (secondary N) is 2. The summed E-state index contributed by atoms with van der Waals surface area (Å²) in [5.74, 6) is 1.75. The van der Waals surface area contributed by atoms with Gasteiger partial charge < -0.3 is 20.8 Å². The van der Waals surface area contributed by atoms with Crippen LogP contribution in [0.4, 0.5) is 23.0 Å². The van der Waals surface area contributed by atoms with Crippen molar-refractivity contribution in [1.82, 2.24) is 29.2 Å². The van der Waals surface area contributed by atoms with Crippen molar-refractivity contribution in [3.63, 3.8) is 0 Å². The van der Waals surface area contributed by atoms with Gasteiger partial charge in [0.05, 0.1) is 18.1 Å². The number of fused-ring (bicyclic) bond motifs is 2. The van der Waals surface area contributed by atoms with E-state index < -0.39 is 0 Å². The smallest absolute Gasteiger partial charge is 0.870 e. The molecule has 0 bridgehead atoms. The average molecular weight is 617 g/mol. The Kier molecular flexibility index (Phi) is 13.8. The minimum atomic E-state index is 0. The summed E-state index contributed by atoms with van der Waals surface area (Å²) < 4.78 is 8.20. The summed E-state index contributed by atoms with van der Waals surface area (Å²) in [6.45, 7) is 10.7. The number of aromatic nitrogens is 6. The van der Waals surface area contributed by atoms with E-state index in [1.165, 1.54) is 33.0 Å². The summed E-state index contributed by atoms with van der Waals surface area (Å²) in [7, 11) is 0. The number of anilines is 4. The monoisotopic (exact) mass is 616 g/mol. The van der Waals surface area contributed by atoms with Crippen molar-refractivity contribution in [2.45, 2.75) is 41.0 Å². The van der Waals surface area contributed by atoms with Gasteiger partial charge in [0.2, 0.25) is 5.88 Å². The van der Waals surface area contributed by atoms with Crippen LogP contribution >= 0.6 is 0 Å². The third-order valence-corrected chi connectivity index (χ3v) is 6.28. The van der Waals surface area contributed by atoms with Gasteiger partial charge in [-0.25, -0.2) is 14.5 Å². The number of ether oxygens (including phenoxy) is 1. The molecule has 13 nitrogen and oxygen atoms in total. The summed E-state index contributed by atoms with van der Waals surface area (Å²) in [4.78, 5) is 35.2. The molecule has 0 unspecified atom stereocenters. The van der Waals surface area contributed by atoms with Crippen LogP contribution in [-0.2, 0) is 20.8 Å². The molecule has 46 heavy (non-hydrogen) atoms. The number of aryl methyl sites for hydroxylation is 5. The van der Waals surface area contributed by atoms with E-state index in [2.05, 4.69) is 75.8 Å². The van der Waals surface area contributed by atoms with E-state index >= 15 is 0 Å². The number of hydrogen-bond donors (Lipinski definition) is 2. The molecule has 6 aromatic rings. The fourth-order valence-corrected chi connectivity index (χ4v) is 4.67. The zero-order valence-electron chi connectivity index (χ0n) is 26.5. The maximum Gasteiger partial charge on any atom is 1.00 e. The molecule has 14 heteroatoms. The van der Waals surface area contributed by atoms with Crippen molar-refractivity contribution in [2.75, 3.05) is 10.6 Å². The molecule has 0 saturated heterocycles. The van der Waals surface area contributed by atoms with Gasteiger partial charge in [-0.1, -0.05) is 19.1 Å². The fourth-order valence-electron chi connectivity index (χ4n) is 4.67. The molecule has 0 aliphatic carbocycles. The maximum absolute atomic E-state index is 10.5. The summed E-state index contributed by atoms with van der Waals surface area (Å²) in [6.07, 6.45) is 4.50. The molecule has 0 aliphatic rings. The summed E-state index contributed by atoms with van der Waals surface area (Å²) >= 11 is 0. The number of hydrogen-bond acceptors (Lipinski definition) is 11. The molecule has 0 atom stereocenters. The fraction of sp³-hybridized carbons (Fsp3) is 0.188. The van der Waals surface area contributed by atoms with Crippen LogP contribution in [0.5, 0.6) is 5.88 Å². The number of carbonyl (C=O) groups excluding carboxylic acids is 3. The average Bonchev–Trinajstić information content (AvgIpc) is 3.56. The van der Waals surface area contributed by atoms with Gasteiger partial charge in [0.1, 0.15) is 0 Å². The minimum Gasteiger partial charge on any atom is -0.870 e. The van der Waals surface area contributed by atoms with Crippen molar-refractivity contribution in [1.29, 1.82) is 0 Å². The number of nitrogens with zero attached hydrogens (tertiary/aromatic N) is 6. The third-order valence-electron chi connectivity index (χ3n) is 6.28. The van der Waals surface area contributed by atoms with Crippen LogP contribution < -0.4 is 34.2 Å². The second-order valence-corrected chi connectivity index (χ2v) is 9.98. The summed E-state index contributed by atoms with van der Waals surface area (Å²) in [5.41, 5.74) is 9.45. The molecule has 0 saturated carbocycles. The van der Waals surface area contributed by atoms with E-state index in [1.54, 1.807) is 6.07 Å². The first kappa shape index (κ1) is 36.9. The van der Waals surface area contributed by atoms with Crippen LogP contribution in [-0.4, -0.2) is 47.3 Å². The number of benzene rings is 2. The molecule has 4 heterocycles. The van der Waals surface area contributed by atoms with Gasteiger partial charge in [0.15, 0.2) is 22.9 Å². The molecular formula is C32H33LiN8O5. The van der Waals surface area contributed by atoms with Crippen molar-refractivity contribution in [3.05, 3.63) is 101 Å². The Labute approximate surface area is 277 Å². The molecule has 0 radical (unpaired) electrons. The molecule has 2 aromatic carbocycles. The second kappa shape index (κ2) is 17.2.